The van der Waals surface area contributed by atoms with E-state index in [0.29, 0.717) is 11.3 Å². The summed E-state index contributed by atoms with van der Waals surface area (Å²) in [6, 6.07) is 5.15. The molecule has 144 valence electrons. The van der Waals surface area contributed by atoms with Gasteiger partial charge in [0, 0.05) is 18.5 Å². The van der Waals surface area contributed by atoms with E-state index in [1.54, 1.807) is 24.3 Å². The van der Waals surface area contributed by atoms with E-state index in [9.17, 15) is 24.6 Å². The average molecular weight is 369 g/mol. The average Bonchev–Trinajstić information content (AvgIpc) is 2.53. The molecule has 0 saturated heterocycles. The van der Waals surface area contributed by atoms with Crippen LogP contribution in [0.1, 0.15) is 25.3 Å². The SMILES string of the molecule is C[C@@](Cc1ccc(N)cc1)(NC(O)N[C@@H](CCC(=O)O)C(=O)O)C(=O)O. The molecule has 0 saturated carbocycles. The molecule has 1 aromatic carbocycles. The number of rotatable bonds is 11. The van der Waals surface area contributed by atoms with Gasteiger partial charge in [0.1, 0.15) is 11.6 Å². The number of benzene rings is 1. The van der Waals surface area contributed by atoms with Gasteiger partial charge in [-0.25, -0.2) is 0 Å². The monoisotopic (exact) mass is 369 g/mol. The summed E-state index contributed by atoms with van der Waals surface area (Å²) in [7, 11) is 0. The van der Waals surface area contributed by atoms with Crippen molar-refractivity contribution in [2.24, 2.45) is 0 Å². The second-order valence-corrected chi connectivity index (χ2v) is 6.09. The van der Waals surface area contributed by atoms with Gasteiger partial charge in [-0.2, -0.15) is 0 Å². The van der Waals surface area contributed by atoms with Crippen LogP contribution in [-0.2, 0) is 20.8 Å². The Kier molecular flexibility index (Phi) is 7.50. The highest BCUT2D eigenvalue weighted by atomic mass is 16.4. The summed E-state index contributed by atoms with van der Waals surface area (Å²) in [5, 5.41) is 41.9. The maximum Gasteiger partial charge on any atom is 0.324 e. The first kappa shape index (κ1) is 21.4. The number of nitrogen functional groups attached to an aromatic ring is 1. The predicted octanol–water partition coefficient (Wildman–Crippen LogP) is -0.572. The fraction of sp³-hybridized carbons (Fsp3) is 0.438. The number of carboxylic acid groups (broad SMARTS) is 3. The molecule has 0 heterocycles. The second-order valence-electron chi connectivity index (χ2n) is 6.09. The molecule has 1 aromatic rings. The molecule has 0 aliphatic rings. The molecule has 10 nitrogen and oxygen atoms in total. The molecule has 10 heteroatoms. The third-order valence-electron chi connectivity index (χ3n) is 3.77. The summed E-state index contributed by atoms with van der Waals surface area (Å²) in [6.45, 7) is 1.34. The van der Waals surface area contributed by atoms with Crippen molar-refractivity contribution in [3.05, 3.63) is 29.8 Å². The van der Waals surface area contributed by atoms with Gasteiger partial charge in [0.15, 0.2) is 6.35 Å². The molecular weight excluding hydrogens is 346 g/mol. The number of aliphatic hydroxyl groups excluding tert-OH is 1. The Morgan fingerprint density at radius 3 is 2.19 bits per heavy atom. The Balaban J connectivity index is 2.80. The predicted molar refractivity (Wildman–Crippen MR) is 91.2 cm³/mol. The summed E-state index contributed by atoms with van der Waals surface area (Å²) in [4.78, 5) is 33.4. The lowest BCUT2D eigenvalue weighted by molar-refractivity contribution is -0.146. The van der Waals surface area contributed by atoms with Crippen molar-refractivity contribution in [2.45, 2.75) is 44.1 Å². The summed E-state index contributed by atoms with van der Waals surface area (Å²) in [5.74, 6) is -3.80. The third-order valence-corrected chi connectivity index (χ3v) is 3.77. The minimum absolute atomic E-state index is 0.00574. The van der Waals surface area contributed by atoms with E-state index in [2.05, 4.69) is 10.6 Å². The third kappa shape index (κ3) is 6.67. The normalized spacial score (nSPS) is 15.6. The number of hydrogen-bond donors (Lipinski definition) is 7. The number of aliphatic carboxylic acids is 3. The van der Waals surface area contributed by atoms with Gasteiger partial charge in [-0.05, 0) is 31.0 Å². The molecule has 0 aliphatic heterocycles. The number of aliphatic hydroxyl groups is 1. The van der Waals surface area contributed by atoms with Crippen LogP contribution in [0.4, 0.5) is 5.69 Å². The van der Waals surface area contributed by atoms with E-state index >= 15 is 0 Å². The van der Waals surface area contributed by atoms with Gasteiger partial charge in [0.05, 0.1) is 0 Å². The van der Waals surface area contributed by atoms with Crippen LogP contribution in [-0.4, -0.2) is 56.3 Å². The standard InChI is InChI=1S/C16H23N3O7/c1-16(14(24)25,8-9-2-4-10(17)5-3-9)19-15(26)18-11(13(22)23)6-7-12(20)21/h2-5,11,15,18-19,26H,6-8,17H2,1H3,(H,20,21)(H,22,23)(H,24,25)/t11-,15?,16-/m0/s1. The maximum atomic E-state index is 11.6. The molecule has 0 spiro atoms. The highest BCUT2D eigenvalue weighted by molar-refractivity contribution is 5.79. The van der Waals surface area contributed by atoms with Gasteiger partial charge >= 0.3 is 17.9 Å². The van der Waals surface area contributed by atoms with Crippen LogP contribution in [0.3, 0.4) is 0 Å². The highest BCUT2D eigenvalue weighted by Gasteiger charge is 2.36. The molecule has 1 rings (SSSR count). The number of anilines is 1. The van der Waals surface area contributed by atoms with Crippen molar-refractivity contribution in [3.8, 4) is 0 Å². The van der Waals surface area contributed by atoms with Crippen molar-refractivity contribution in [2.75, 3.05) is 5.73 Å². The first-order valence-electron chi connectivity index (χ1n) is 7.78. The van der Waals surface area contributed by atoms with Crippen molar-refractivity contribution in [1.82, 2.24) is 10.6 Å². The van der Waals surface area contributed by atoms with Crippen molar-refractivity contribution in [1.29, 1.82) is 0 Å². The molecule has 0 fully saturated rings. The van der Waals surface area contributed by atoms with Crippen molar-refractivity contribution in [3.63, 3.8) is 0 Å². The van der Waals surface area contributed by atoms with Crippen LogP contribution in [0.2, 0.25) is 0 Å². The fourth-order valence-corrected chi connectivity index (χ4v) is 2.31. The molecule has 0 aliphatic carbocycles. The Morgan fingerprint density at radius 2 is 1.73 bits per heavy atom. The van der Waals surface area contributed by atoms with Gasteiger partial charge in [0.25, 0.3) is 0 Å². The minimum Gasteiger partial charge on any atom is -0.481 e. The smallest absolute Gasteiger partial charge is 0.324 e. The molecule has 0 aromatic heterocycles. The van der Waals surface area contributed by atoms with E-state index in [1.165, 1.54) is 6.92 Å². The Hall–Kier alpha value is -2.69. The summed E-state index contributed by atoms with van der Waals surface area (Å²) in [6.07, 6.45) is -2.38. The van der Waals surface area contributed by atoms with Gasteiger partial charge in [-0.3, -0.25) is 25.0 Å². The lowest BCUT2D eigenvalue weighted by atomic mass is 9.92. The van der Waals surface area contributed by atoms with Crippen LogP contribution in [0.25, 0.3) is 0 Å². The number of carbonyl (C=O) groups is 3. The van der Waals surface area contributed by atoms with E-state index in [0.717, 1.165) is 0 Å². The highest BCUT2D eigenvalue weighted by Crippen LogP contribution is 2.16. The first-order chi connectivity index (χ1) is 12.0. The van der Waals surface area contributed by atoms with Gasteiger partial charge in [-0.1, -0.05) is 12.1 Å². The molecule has 3 atom stereocenters. The molecular formula is C16H23N3O7. The Labute approximate surface area is 149 Å². The number of nitrogens with two attached hydrogens (primary N) is 1. The van der Waals surface area contributed by atoms with Gasteiger partial charge < -0.3 is 26.2 Å². The van der Waals surface area contributed by atoms with Crippen LogP contribution >= 0.6 is 0 Å². The fourth-order valence-electron chi connectivity index (χ4n) is 2.31. The van der Waals surface area contributed by atoms with E-state index in [-0.39, 0.29) is 12.8 Å². The van der Waals surface area contributed by atoms with E-state index < -0.39 is 42.3 Å². The summed E-state index contributed by atoms with van der Waals surface area (Å²) >= 11 is 0. The van der Waals surface area contributed by atoms with Crippen LogP contribution in [0.15, 0.2) is 24.3 Å². The zero-order chi connectivity index (χ0) is 19.9. The largest absolute Gasteiger partial charge is 0.481 e. The van der Waals surface area contributed by atoms with E-state index in [1.807, 2.05) is 0 Å². The van der Waals surface area contributed by atoms with Gasteiger partial charge in [-0.15, -0.1) is 0 Å². The van der Waals surface area contributed by atoms with Crippen LogP contribution in [0.5, 0.6) is 0 Å². The van der Waals surface area contributed by atoms with Crippen LogP contribution in [0, 0.1) is 0 Å². The molecule has 0 bridgehead atoms. The zero-order valence-electron chi connectivity index (χ0n) is 14.2. The van der Waals surface area contributed by atoms with E-state index in [4.69, 9.17) is 15.9 Å². The number of nitrogens with one attached hydrogen (secondary N) is 2. The Morgan fingerprint density at radius 1 is 1.15 bits per heavy atom. The molecule has 0 amide bonds. The Bertz CT molecular complexity index is 650. The summed E-state index contributed by atoms with van der Waals surface area (Å²) < 4.78 is 0. The van der Waals surface area contributed by atoms with Crippen molar-refractivity contribution < 1.29 is 34.8 Å². The van der Waals surface area contributed by atoms with Crippen LogP contribution < -0.4 is 16.4 Å². The molecule has 26 heavy (non-hydrogen) atoms. The summed E-state index contributed by atoms with van der Waals surface area (Å²) in [5.41, 5.74) is 5.13. The number of hydrogen-bond acceptors (Lipinski definition) is 7. The minimum atomic E-state index is -1.68. The number of carboxylic acids is 3. The van der Waals surface area contributed by atoms with Gasteiger partial charge in [0.2, 0.25) is 0 Å². The lowest BCUT2D eigenvalue weighted by Gasteiger charge is -2.31. The molecule has 8 N–H and O–H groups in total. The second kappa shape index (κ2) is 9.13. The van der Waals surface area contributed by atoms with Crippen molar-refractivity contribution >= 4 is 23.6 Å². The topological polar surface area (TPSA) is 182 Å². The quantitative estimate of drug-likeness (QED) is 0.197. The molecule has 0 radical (unpaired) electrons. The maximum absolute atomic E-state index is 11.6. The lowest BCUT2D eigenvalue weighted by Crippen LogP contribution is -2.61. The zero-order valence-corrected chi connectivity index (χ0v) is 14.2. The first-order valence-corrected chi connectivity index (χ1v) is 7.78. The molecule has 1 unspecified atom stereocenters.